The monoisotopic (exact) mass is 398 g/mol. The summed E-state index contributed by atoms with van der Waals surface area (Å²) < 4.78 is 0. The summed E-state index contributed by atoms with van der Waals surface area (Å²) in [5.74, 6) is -0.432. The van der Waals surface area contributed by atoms with Gasteiger partial charge in [-0.25, -0.2) is 0 Å². The van der Waals surface area contributed by atoms with Crippen LogP contribution in [-0.4, -0.2) is 66.8 Å². The molecule has 1 aliphatic carbocycles. The van der Waals surface area contributed by atoms with Crippen LogP contribution in [0.3, 0.4) is 0 Å². The minimum absolute atomic E-state index is 0.0482. The standard InChI is InChI=1S/C22H30N4O3/c1-16(27)24-11-13-26(14-12-24)22(29)20-15-19(20)21(28)23-17-5-7-18(8-6-17)25-9-3-2-4-10-25/h5-8,19-20H,2-4,9-15H2,1H3,(H,23,28). The Morgan fingerprint density at radius 3 is 2.07 bits per heavy atom. The van der Waals surface area contributed by atoms with Gasteiger partial charge in [0.05, 0.1) is 11.8 Å². The number of piperidine rings is 1. The van der Waals surface area contributed by atoms with Gasteiger partial charge in [-0.1, -0.05) is 0 Å². The number of nitrogens with zero attached hydrogens (tertiary/aromatic N) is 3. The van der Waals surface area contributed by atoms with E-state index in [0.717, 1.165) is 18.8 Å². The number of amides is 3. The number of carbonyl (C=O) groups is 3. The summed E-state index contributed by atoms with van der Waals surface area (Å²) in [6.45, 7) is 6.01. The molecule has 2 unspecified atom stereocenters. The molecule has 3 amide bonds. The van der Waals surface area contributed by atoms with E-state index >= 15 is 0 Å². The molecule has 7 heteroatoms. The van der Waals surface area contributed by atoms with Crippen molar-refractivity contribution in [2.45, 2.75) is 32.6 Å². The molecule has 2 saturated heterocycles. The lowest BCUT2D eigenvalue weighted by atomic mass is 10.1. The normalized spacial score (nSPS) is 24.2. The van der Waals surface area contributed by atoms with E-state index < -0.39 is 0 Å². The van der Waals surface area contributed by atoms with Crippen LogP contribution >= 0.6 is 0 Å². The van der Waals surface area contributed by atoms with Crippen molar-refractivity contribution in [3.8, 4) is 0 Å². The van der Waals surface area contributed by atoms with E-state index in [0.29, 0.717) is 32.6 Å². The maximum atomic E-state index is 12.7. The molecule has 3 fully saturated rings. The van der Waals surface area contributed by atoms with Gasteiger partial charge in [-0.05, 0) is 49.9 Å². The predicted octanol–water partition coefficient (Wildman–Crippen LogP) is 1.94. The predicted molar refractivity (Wildman–Crippen MR) is 112 cm³/mol. The Hall–Kier alpha value is -2.57. The van der Waals surface area contributed by atoms with Crippen molar-refractivity contribution in [3.63, 3.8) is 0 Å². The fourth-order valence-corrected chi connectivity index (χ4v) is 4.38. The van der Waals surface area contributed by atoms with Crippen LogP contribution in [0.2, 0.25) is 0 Å². The molecule has 2 atom stereocenters. The van der Waals surface area contributed by atoms with E-state index in [4.69, 9.17) is 0 Å². The van der Waals surface area contributed by atoms with Gasteiger partial charge in [0.15, 0.2) is 0 Å². The first-order chi connectivity index (χ1) is 14.0. The van der Waals surface area contributed by atoms with Crippen molar-refractivity contribution >= 4 is 29.1 Å². The van der Waals surface area contributed by atoms with Crippen LogP contribution in [0.25, 0.3) is 0 Å². The van der Waals surface area contributed by atoms with Crippen LogP contribution in [-0.2, 0) is 14.4 Å². The van der Waals surface area contributed by atoms with Crippen LogP contribution in [0.15, 0.2) is 24.3 Å². The minimum atomic E-state index is -0.241. The summed E-state index contributed by atoms with van der Waals surface area (Å²) >= 11 is 0. The first kappa shape index (κ1) is 19.7. The average Bonchev–Trinajstić information content (AvgIpc) is 3.55. The molecule has 7 nitrogen and oxygen atoms in total. The number of nitrogens with one attached hydrogen (secondary N) is 1. The van der Waals surface area contributed by atoms with Gasteiger partial charge in [0.2, 0.25) is 17.7 Å². The van der Waals surface area contributed by atoms with Gasteiger partial charge in [0.25, 0.3) is 0 Å². The van der Waals surface area contributed by atoms with Gasteiger partial charge in [0.1, 0.15) is 0 Å². The SMILES string of the molecule is CC(=O)N1CCN(C(=O)C2CC2C(=O)Nc2ccc(N3CCCCC3)cc2)CC1. The maximum Gasteiger partial charge on any atom is 0.228 e. The Labute approximate surface area is 172 Å². The number of benzene rings is 1. The number of piperazine rings is 1. The van der Waals surface area contributed by atoms with Crippen molar-refractivity contribution in [1.82, 2.24) is 9.80 Å². The second kappa shape index (κ2) is 8.43. The summed E-state index contributed by atoms with van der Waals surface area (Å²) in [4.78, 5) is 42.6. The Morgan fingerprint density at radius 1 is 0.828 bits per heavy atom. The highest BCUT2D eigenvalue weighted by atomic mass is 16.2. The fraction of sp³-hybridized carbons (Fsp3) is 0.591. The number of carbonyl (C=O) groups excluding carboxylic acids is 3. The first-order valence-electron chi connectivity index (χ1n) is 10.7. The summed E-state index contributed by atoms with van der Waals surface area (Å²) in [5, 5.41) is 2.96. The molecule has 29 heavy (non-hydrogen) atoms. The number of rotatable bonds is 4. The Bertz CT molecular complexity index is 765. The van der Waals surface area contributed by atoms with Gasteiger partial charge in [-0.2, -0.15) is 0 Å². The van der Waals surface area contributed by atoms with Crippen LogP contribution in [0.5, 0.6) is 0 Å². The third-order valence-corrected chi connectivity index (χ3v) is 6.34. The summed E-state index contributed by atoms with van der Waals surface area (Å²) in [7, 11) is 0. The molecule has 1 aromatic carbocycles. The van der Waals surface area contributed by atoms with Crippen LogP contribution in [0, 0.1) is 11.8 Å². The molecule has 0 radical (unpaired) electrons. The molecule has 2 heterocycles. The van der Waals surface area contributed by atoms with E-state index in [9.17, 15) is 14.4 Å². The quantitative estimate of drug-likeness (QED) is 0.841. The third kappa shape index (κ3) is 4.54. The highest BCUT2D eigenvalue weighted by Crippen LogP contribution is 2.41. The highest BCUT2D eigenvalue weighted by molar-refractivity contribution is 5.99. The second-order valence-electron chi connectivity index (χ2n) is 8.36. The molecular weight excluding hydrogens is 368 g/mol. The average molecular weight is 399 g/mol. The summed E-state index contributed by atoms with van der Waals surface area (Å²) in [5.41, 5.74) is 1.98. The summed E-state index contributed by atoms with van der Waals surface area (Å²) in [6, 6.07) is 8.01. The van der Waals surface area contributed by atoms with Crippen molar-refractivity contribution in [2.75, 3.05) is 49.5 Å². The minimum Gasteiger partial charge on any atom is -0.372 e. The zero-order chi connectivity index (χ0) is 20.4. The molecule has 1 saturated carbocycles. The molecule has 3 aliphatic rings. The van der Waals surface area contributed by atoms with Crippen LogP contribution in [0.4, 0.5) is 11.4 Å². The second-order valence-corrected chi connectivity index (χ2v) is 8.36. The zero-order valence-electron chi connectivity index (χ0n) is 17.1. The molecule has 1 aromatic rings. The van der Waals surface area contributed by atoms with E-state index in [-0.39, 0.29) is 29.6 Å². The molecule has 0 aromatic heterocycles. The number of anilines is 2. The smallest absolute Gasteiger partial charge is 0.228 e. The van der Waals surface area contributed by atoms with Crippen molar-refractivity contribution < 1.29 is 14.4 Å². The number of hydrogen-bond donors (Lipinski definition) is 1. The molecule has 0 spiro atoms. The Balaban J connectivity index is 1.26. The highest BCUT2D eigenvalue weighted by Gasteiger charge is 2.49. The Morgan fingerprint density at radius 2 is 1.45 bits per heavy atom. The first-order valence-corrected chi connectivity index (χ1v) is 10.7. The summed E-state index contributed by atoms with van der Waals surface area (Å²) in [6.07, 6.45) is 4.39. The van der Waals surface area contributed by atoms with E-state index in [1.165, 1.54) is 24.9 Å². The maximum absolute atomic E-state index is 12.7. The lowest BCUT2D eigenvalue weighted by Gasteiger charge is -2.34. The van der Waals surface area contributed by atoms with Gasteiger partial charge < -0.3 is 20.0 Å². The van der Waals surface area contributed by atoms with Crippen molar-refractivity contribution in [2.24, 2.45) is 11.8 Å². The van der Waals surface area contributed by atoms with Gasteiger partial charge in [-0.3, -0.25) is 14.4 Å². The van der Waals surface area contributed by atoms with Gasteiger partial charge in [-0.15, -0.1) is 0 Å². The van der Waals surface area contributed by atoms with E-state index in [2.05, 4.69) is 22.3 Å². The molecule has 0 bridgehead atoms. The Kier molecular flexibility index (Phi) is 5.74. The molecular formula is C22H30N4O3. The molecule has 1 N–H and O–H groups in total. The van der Waals surface area contributed by atoms with Crippen molar-refractivity contribution in [3.05, 3.63) is 24.3 Å². The van der Waals surface area contributed by atoms with E-state index in [1.807, 2.05) is 12.1 Å². The van der Waals surface area contributed by atoms with Gasteiger partial charge in [0, 0.05) is 57.6 Å². The third-order valence-electron chi connectivity index (χ3n) is 6.34. The lowest BCUT2D eigenvalue weighted by Crippen LogP contribution is -2.50. The topological polar surface area (TPSA) is 73.0 Å². The van der Waals surface area contributed by atoms with Gasteiger partial charge >= 0.3 is 0 Å². The molecule has 4 rings (SSSR count). The largest absolute Gasteiger partial charge is 0.372 e. The molecule has 156 valence electrons. The van der Waals surface area contributed by atoms with Crippen LogP contribution in [0.1, 0.15) is 32.6 Å². The zero-order valence-corrected chi connectivity index (χ0v) is 17.1. The fourth-order valence-electron chi connectivity index (χ4n) is 4.38. The number of hydrogen-bond acceptors (Lipinski definition) is 4. The molecule has 2 aliphatic heterocycles. The van der Waals surface area contributed by atoms with Crippen LogP contribution < -0.4 is 10.2 Å². The lowest BCUT2D eigenvalue weighted by molar-refractivity contribution is -0.139. The van der Waals surface area contributed by atoms with E-state index in [1.54, 1.807) is 16.7 Å². The van der Waals surface area contributed by atoms with Crippen molar-refractivity contribution in [1.29, 1.82) is 0 Å².